The van der Waals surface area contributed by atoms with Crippen molar-refractivity contribution in [2.75, 3.05) is 0 Å². The van der Waals surface area contributed by atoms with Gasteiger partial charge in [-0.05, 0) is 35.6 Å². The van der Waals surface area contributed by atoms with Crippen molar-refractivity contribution < 1.29 is 19.4 Å². The molecule has 2 aromatic carbocycles. The summed E-state index contributed by atoms with van der Waals surface area (Å²) in [6, 6.07) is 14.1. The number of aliphatic hydroxyl groups excluding tert-OH is 1. The second-order valence-electron chi connectivity index (χ2n) is 7.10. The Bertz CT molecular complexity index is 1050. The van der Waals surface area contributed by atoms with E-state index in [1.807, 2.05) is 31.2 Å². The van der Waals surface area contributed by atoms with Crippen LogP contribution in [-0.2, 0) is 4.79 Å². The zero-order chi connectivity index (χ0) is 19.7. The van der Waals surface area contributed by atoms with Crippen LogP contribution in [0.2, 0.25) is 0 Å². The molecule has 140 valence electrons. The lowest BCUT2D eigenvalue weighted by atomic mass is 9.86. The van der Waals surface area contributed by atoms with Crippen molar-refractivity contribution in [3.8, 4) is 11.1 Å². The molecular formula is C22H22O5. The van der Waals surface area contributed by atoms with Gasteiger partial charge in [0, 0.05) is 17.0 Å². The summed E-state index contributed by atoms with van der Waals surface area (Å²) >= 11 is 0. The predicted octanol–water partition coefficient (Wildman–Crippen LogP) is 3.95. The Morgan fingerprint density at radius 2 is 1.74 bits per heavy atom. The van der Waals surface area contributed by atoms with Crippen LogP contribution in [0.5, 0.6) is 0 Å². The standard InChI is InChI=1S/C22H22O5/c1-12(2)21(24)20(22(25)26)14-8-9-16-17(11-19(23)27-18(16)10-14)15-7-5-4-6-13(15)3/h4-12,20-21,24H,1-3H3,(H,25,26)/t20-,21?/m1/s1. The quantitative estimate of drug-likeness (QED) is 0.668. The highest BCUT2D eigenvalue weighted by Crippen LogP contribution is 2.33. The number of benzene rings is 2. The molecule has 2 N–H and O–H groups in total. The lowest BCUT2D eigenvalue weighted by Gasteiger charge is -2.23. The minimum atomic E-state index is -1.12. The van der Waals surface area contributed by atoms with E-state index in [4.69, 9.17) is 4.42 Å². The van der Waals surface area contributed by atoms with Crippen LogP contribution < -0.4 is 5.63 Å². The molecule has 0 saturated carbocycles. The summed E-state index contributed by atoms with van der Waals surface area (Å²) in [6.07, 6.45) is -1.05. The Morgan fingerprint density at radius 3 is 2.37 bits per heavy atom. The molecule has 27 heavy (non-hydrogen) atoms. The number of aliphatic hydroxyl groups is 1. The summed E-state index contributed by atoms with van der Waals surface area (Å²) < 4.78 is 5.34. The highest BCUT2D eigenvalue weighted by Gasteiger charge is 2.31. The number of aryl methyl sites for hydroxylation is 1. The van der Waals surface area contributed by atoms with E-state index in [9.17, 15) is 19.8 Å². The van der Waals surface area contributed by atoms with Gasteiger partial charge in [-0.3, -0.25) is 4.79 Å². The number of fused-ring (bicyclic) bond motifs is 1. The van der Waals surface area contributed by atoms with Gasteiger partial charge in [0.1, 0.15) is 11.5 Å². The molecular weight excluding hydrogens is 344 g/mol. The summed E-state index contributed by atoms with van der Waals surface area (Å²) in [5.41, 5.74) is 2.88. The number of hydrogen-bond acceptors (Lipinski definition) is 4. The summed E-state index contributed by atoms with van der Waals surface area (Å²) in [5.74, 6) is -2.44. The van der Waals surface area contributed by atoms with Crippen molar-refractivity contribution >= 4 is 16.9 Å². The normalized spacial score (nSPS) is 13.7. The van der Waals surface area contributed by atoms with Gasteiger partial charge < -0.3 is 14.6 Å². The molecule has 1 aromatic heterocycles. The molecule has 0 radical (unpaired) electrons. The van der Waals surface area contributed by atoms with Gasteiger partial charge in [-0.1, -0.05) is 50.2 Å². The molecule has 5 nitrogen and oxygen atoms in total. The number of carbonyl (C=O) groups is 1. The third-order valence-corrected chi connectivity index (χ3v) is 4.85. The van der Waals surface area contributed by atoms with Crippen LogP contribution in [0, 0.1) is 12.8 Å². The molecule has 0 amide bonds. The SMILES string of the molecule is Cc1ccccc1-c1cc(=O)oc2cc([C@@H](C(=O)O)C(O)C(C)C)ccc12. The van der Waals surface area contributed by atoms with E-state index in [1.54, 1.807) is 32.0 Å². The van der Waals surface area contributed by atoms with Crippen LogP contribution in [0.1, 0.15) is 30.9 Å². The van der Waals surface area contributed by atoms with Crippen molar-refractivity contribution in [2.45, 2.75) is 32.8 Å². The largest absolute Gasteiger partial charge is 0.481 e. The maximum atomic E-state index is 12.1. The Morgan fingerprint density at radius 1 is 1.04 bits per heavy atom. The van der Waals surface area contributed by atoms with Crippen LogP contribution in [0.15, 0.2) is 57.7 Å². The fourth-order valence-electron chi connectivity index (χ4n) is 3.34. The number of rotatable bonds is 5. The minimum absolute atomic E-state index is 0.230. The Balaban J connectivity index is 2.21. The van der Waals surface area contributed by atoms with Gasteiger partial charge in [0.25, 0.3) is 0 Å². The van der Waals surface area contributed by atoms with Crippen molar-refractivity contribution in [2.24, 2.45) is 5.92 Å². The van der Waals surface area contributed by atoms with Crippen molar-refractivity contribution in [3.63, 3.8) is 0 Å². The maximum absolute atomic E-state index is 12.1. The van der Waals surface area contributed by atoms with Gasteiger partial charge in [0.2, 0.25) is 0 Å². The maximum Gasteiger partial charge on any atom is 0.336 e. The topological polar surface area (TPSA) is 87.7 Å². The molecule has 0 bridgehead atoms. The van der Waals surface area contributed by atoms with E-state index < -0.39 is 23.6 Å². The summed E-state index contributed by atoms with van der Waals surface area (Å²) in [7, 11) is 0. The first-order valence-electron chi connectivity index (χ1n) is 8.84. The molecule has 1 unspecified atom stereocenters. The van der Waals surface area contributed by atoms with E-state index >= 15 is 0 Å². The average Bonchev–Trinajstić information content (AvgIpc) is 2.61. The summed E-state index contributed by atoms with van der Waals surface area (Å²) in [6.45, 7) is 5.49. The third kappa shape index (κ3) is 3.64. The molecule has 0 aliphatic rings. The third-order valence-electron chi connectivity index (χ3n) is 4.85. The smallest absolute Gasteiger partial charge is 0.336 e. The van der Waals surface area contributed by atoms with Crippen molar-refractivity contribution in [1.29, 1.82) is 0 Å². The Hall–Kier alpha value is -2.92. The molecule has 5 heteroatoms. The lowest BCUT2D eigenvalue weighted by molar-refractivity contribution is -0.142. The van der Waals surface area contributed by atoms with E-state index in [0.717, 1.165) is 22.1 Å². The second kappa shape index (κ2) is 7.37. The molecule has 0 fully saturated rings. The zero-order valence-electron chi connectivity index (χ0n) is 15.5. The van der Waals surface area contributed by atoms with Gasteiger partial charge in [0.15, 0.2) is 0 Å². The monoisotopic (exact) mass is 366 g/mol. The Kier molecular flexibility index (Phi) is 5.15. The summed E-state index contributed by atoms with van der Waals surface area (Å²) in [5, 5.41) is 20.6. The molecule has 0 saturated heterocycles. The number of hydrogen-bond donors (Lipinski definition) is 2. The predicted molar refractivity (Wildman–Crippen MR) is 104 cm³/mol. The lowest BCUT2D eigenvalue weighted by Crippen LogP contribution is -2.30. The fourth-order valence-corrected chi connectivity index (χ4v) is 3.34. The van der Waals surface area contributed by atoms with Crippen LogP contribution in [0.3, 0.4) is 0 Å². The van der Waals surface area contributed by atoms with Crippen LogP contribution >= 0.6 is 0 Å². The van der Waals surface area contributed by atoms with Crippen LogP contribution in [0.4, 0.5) is 0 Å². The molecule has 2 atom stereocenters. The van der Waals surface area contributed by atoms with Gasteiger partial charge in [0.05, 0.1) is 6.10 Å². The molecule has 3 aromatic rings. The average molecular weight is 366 g/mol. The van der Waals surface area contributed by atoms with Gasteiger partial charge in [-0.15, -0.1) is 0 Å². The number of aliphatic carboxylic acids is 1. The first kappa shape index (κ1) is 18.9. The minimum Gasteiger partial charge on any atom is -0.481 e. The van der Waals surface area contributed by atoms with E-state index in [1.165, 1.54) is 6.07 Å². The van der Waals surface area contributed by atoms with Gasteiger partial charge in [-0.2, -0.15) is 0 Å². The highest BCUT2D eigenvalue weighted by atomic mass is 16.4. The van der Waals surface area contributed by atoms with Crippen molar-refractivity contribution in [3.05, 3.63) is 70.1 Å². The summed E-state index contributed by atoms with van der Waals surface area (Å²) in [4.78, 5) is 23.8. The molecule has 0 aliphatic heterocycles. The van der Waals surface area contributed by atoms with E-state index in [0.29, 0.717) is 11.1 Å². The van der Waals surface area contributed by atoms with Crippen LogP contribution in [-0.4, -0.2) is 22.3 Å². The molecule has 0 aliphatic carbocycles. The van der Waals surface area contributed by atoms with Crippen LogP contribution in [0.25, 0.3) is 22.1 Å². The van der Waals surface area contributed by atoms with E-state index in [2.05, 4.69) is 0 Å². The van der Waals surface area contributed by atoms with Crippen molar-refractivity contribution in [1.82, 2.24) is 0 Å². The van der Waals surface area contributed by atoms with E-state index in [-0.39, 0.29) is 5.92 Å². The zero-order valence-corrected chi connectivity index (χ0v) is 15.5. The molecule has 3 rings (SSSR count). The molecule has 0 spiro atoms. The number of carboxylic acid groups (broad SMARTS) is 1. The number of carboxylic acids is 1. The second-order valence-corrected chi connectivity index (χ2v) is 7.10. The van der Waals surface area contributed by atoms with Gasteiger partial charge >= 0.3 is 11.6 Å². The highest BCUT2D eigenvalue weighted by molar-refractivity contribution is 5.94. The van der Waals surface area contributed by atoms with Gasteiger partial charge in [-0.25, -0.2) is 4.79 Å². The first-order chi connectivity index (χ1) is 12.8. The fraction of sp³-hybridized carbons (Fsp3) is 0.273. The molecule has 1 heterocycles. The first-order valence-corrected chi connectivity index (χ1v) is 8.84. The Labute approximate surface area is 156 Å².